The number of anilines is 2. The lowest BCUT2D eigenvalue weighted by molar-refractivity contribution is 0.0998. The molecule has 0 aliphatic carbocycles. The molecule has 0 atom stereocenters. The van der Waals surface area contributed by atoms with E-state index in [2.05, 4.69) is 5.32 Å². The van der Waals surface area contributed by atoms with Gasteiger partial charge in [0.2, 0.25) is 0 Å². The SMILES string of the molecule is Cc1ccc2oc(C(=O)Nc3ccc(N)cc3)cc2c1. The molecule has 0 bridgehead atoms. The van der Waals surface area contributed by atoms with Crippen molar-refractivity contribution in [3.63, 3.8) is 0 Å². The number of rotatable bonds is 2. The van der Waals surface area contributed by atoms with E-state index in [0.29, 0.717) is 22.7 Å². The molecule has 4 heteroatoms. The Morgan fingerprint density at radius 1 is 1.10 bits per heavy atom. The Morgan fingerprint density at radius 2 is 1.85 bits per heavy atom. The van der Waals surface area contributed by atoms with Gasteiger partial charge in [0.15, 0.2) is 5.76 Å². The van der Waals surface area contributed by atoms with Crippen molar-refractivity contribution in [2.24, 2.45) is 0 Å². The zero-order chi connectivity index (χ0) is 14.1. The topological polar surface area (TPSA) is 68.3 Å². The molecule has 0 spiro atoms. The maximum Gasteiger partial charge on any atom is 0.291 e. The zero-order valence-corrected chi connectivity index (χ0v) is 11.0. The van der Waals surface area contributed by atoms with E-state index in [4.69, 9.17) is 10.2 Å². The summed E-state index contributed by atoms with van der Waals surface area (Å²) >= 11 is 0. The van der Waals surface area contributed by atoms with Crippen LogP contribution in [0, 0.1) is 6.92 Å². The van der Waals surface area contributed by atoms with E-state index < -0.39 is 0 Å². The molecule has 0 unspecified atom stereocenters. The second kappa shape index (κ2) is 4.74. The Hall–Kier alpha value is -2.75. The van der Waals surface area contributed by atoms with Gasteiger partial charge in [0.05, 0.1) is 0 Å². The minimum Gasteiger partial charge on any atom is -0.451 e. The van der Waals surface area contributed by atoms with E-state index >= 15 is 0 Å². The summed E-state index contributed by atoms with van der Waals surface area (Å²) in [7, 11) is 0. The van der Waals surface area contributed by atoms with Gasteiger partial charge in [-0.15, -0.1) is 0 Å². The molecule has 1 heterocycles. The van der Waals surface area contributed by atoms with Crippen molar-refractivity contribution >= 4 is 28.3 Å². The molecule has 0 saturated heterocycles. The Kier molecular flexibility index (Phi) is 2.91. The van der Waals surface area contributed by atoms with Crippen LogP contribution in [0.25, 0.3) is 11.0 Å². The second-order valence-electron chi connectivity index (χ2n) is 4.73. The van der Waals surface area contributed by atoms with E-state index in [1.807, 2.05) is 25.1 Å². The van der Waals surface area contributed by atoms with Crippen LogP contribution in [0.4, 0.5) is 11.4 Å². The van der Waals surface area contributed by atoms with Gasteiger partial charge >= 0.3 is 0 Å². The Balaban J connectivity index is 1.86. The quantitative estimate of drug-likeness (QED) is 0.697. The highest BCUT2D eigenvalue weighted by molar-refractivity contribution is 6.04. The summed E-state index contributed by atoms with van der Waals surface area (Å²) in [5.74, 6) is 0.0195. The van der Waals surface area contributed by atoms with E-state index in [1.54, 1.807) is 30.3 Å². The number of aryl methyl sites for hydroxylation is 1. The standard InChI is InChI=1S/C16H14N2O2/c1-10-2-7-14-11(8-10)9-15(20-14)16(19)18-13-5-3-12(17)4-6-13/h2-9H,17H2,1H3,(H,18,19). The first kappa shape index (κ1) is 12.3. The molecule has 3 rings (SSSR count). The van der Waals surface area contributed by atoms with Gasteiger partial charge in [-0.25, -0.2) is 0 Å². The van der Waals surface area contributed by atoms with Gasteiger partial charge in [-0.2, -0.15) is 0 Å². The van der Waals surface area contributed by atoms with Crippen molar-refractivity contribution in [2.75, 3.05) is 11.1 Å². The zero-order valence-electron chi connectivity index (χ0n) is 11.0. The van der Waals surface area contributed by atoms with E-state index in [1.165, 1.54) is 0 Å². The Labute approximate surface area is 116 Å². The van der Waals surface area contributed by atoms with Crippen LogP contribution in [0.5, 0.6) is 0 Å². The third kappa shape index (κ3) is 2.36. The first-order chi connectivity index (χ1) is 9.61. The largest absolute Gasteiger partial charge is 0.451 e. The average Bonchev–Trinajstić information content (AvgIpc) is 2.84. The van der Waals surface area contributed by atoms with Crippen molar-refractivity contribution in [3.05, 3.63) is 59.9 Å². The predicted molar refractivity (Wildman–Crippen MR) is 79.8 cm³/mol. The minimum atomic E-state index is -0.274. The van der Waals surface area contributed by atoms with Crippen LogP contribution in [-0.4, -0.2) is 5.91 Å². The Morgan fingerprint density at radius 3 is 2.60 bits per heavy atom. The van der Waals surface area contributed by atoms with E-state index in [-0.39, 0.29) is 5.91 Å². The summed E-state index contributed by atoms with van der Waals surface area (Å²) in [6, 6.07) is 14.5. The third-order valence-electron chi connectivity index (χ3n) is 3.06. The normalized spacial score (nSPS) is 10.7. The lowest BCUT2D eigenvalue weighted by atomic mass is 10.2. The van der Waals surface area contributed by atoms with Gasteiger partial charge < -0.3 is 15.5 Å². The number of nitrogens with one attached hydrogen (secondary N) is 1. The number of hydrogen-bond acceptors (Lipinski definition) is 3. The molecule has 3 aromatic rings. The fourth-order valence-electron chi connectivity index (χ4n) is 2.03. The second-order valence-corrected chi connectivity index (χ2v) is 4.73. The smallest absolute Gasteiger partial charge is 0.291 e. The maximum absolute atomic E-state index is 12.1. The molecule has 100 valence electrons. The monoisotopic (exact) mass is 266 g/mol. The summed E-state index contributed by atoms with van der Waals surface area (Å²) < 4.78 is 5.54. The lowest BCUT2D eigenvalue weighted by Gasteiger charge is -2.02. The highest BCUT2D eigenvalue weighted by Gasteiger charge is 2.12. The number of carbonyl (C=O) groups is 1. The van der Waals surface area contributed by atoms with E-state index in [9.17, 15) is 4.79 Å². The van der Waals surface area contributed by atoms with Crippen LogP contribution < -0.4 is 11.1 Å². The number of hydrogen-bond donors (Lipinski definition) is 2. The molecule has 0 aliphatic rings. The molecule has 1 aromatic heterocycles. The maximum atomic E-state index is 12.1. The highest BCUT2D eigenvalue weighted by Crippen LogP contribution is 2.21. The number of furan rings is 1. The van der Waals surface area contributed by atoms with Crippen molar-refractivity contribution in [3.8, 4) is 0 Å². The number of carbonyl (C=O) groups excluding carboxylic acids is 1. The molecule has 20 heavy (non-hydrogen) atoms. The summed E-state index contributed by atoms with van der Waals surface area (Å²) in [6.07, 6.45) is 0. The fourth-order valence-corrected chi connectivity index (χ4v) is 2.03. The third-order valence-corrected chi connectivity index (χ3v) is 3.06. The summed E-state index contributed by atoms with van der Waals surface area (Å²) in [5.41, 5.74) is 8.77. The molecule has 0 fully saturated rings. The molecular weight excluding hydrogens is 252 g/mol. The number of benzene rings is 2. The number of nitrogens with two attached hydrogens (primary N) is 1. The summed E-state index contributed by atoms with van der Waals surface area (Å²) in [6.45, 7) is 2.00. The van der Waals surface area contributed by atoms with Crippen LogP contribution in [0.1, 0.15) is 16.1 Å². The van der Waals surface area contributed by atoms with Crippen LogP contribution in [0.15, 0.2) is 52.9 Å². The lowest BCUT2D eigenvalue weighted by Crippen LogP contribution is -2.10. The minimum absolute atomic E-state index is 0.274. The van der Waals surface area contributed by atoms with Gasteiger partial charge in [-0.05, 0) is 49.4 Å². The average molecular weight is 266 g/mol. The van der Waals surface area contributed by atoms with Gasteiger partial charge in [-0.3, -0.25) is 4.79 Å². The first-order valence-electron chi connectivity index (χ1n) is 6.29. The summed E-state index contributed by atoms with van der Waals surface area (Å²) in [5, 5.41) is 3.70. The molecule has 0 radical (unpaired) electrons. The number of nitrogen functional groups attached to an aromatic ring is 1. The number of fused-ring (bicyclic) bond motifs is 1. The van der Waals surface area contributed by atoms with Crippen LogP contribution in [-0.2, 0) is 0 Å². The van der Waals surface area contributed by atoms with Crippen LogP contribution in [0.2, 0.25) is 0 Å². The van der Waals surface area contributed by atoms with Gasteiger partial charge in [-0.1, -0.05) is 11.6 Å². The van der Waals surface area contributed by atoms with Crippen molar-refractivity contribution in [1.29, 1.82) is 0 Å². The van der Waals surface area contributed by atoms with Gasteiger partial charge in [0, 0.05) is 16.8 Å². The van der Waals surface area contributed by atoms with Gasteiger partial charge in [0.25, 0.3) is 5.91 Å². The van der Waals surface area contributed by atoms with Crippen molar-refractivity contribution in [2.45, 2.75) is 6.92 Å². The fraction of sp³-hybridized carbons (Fsp3) is 0.0625. The van der Waals surface area contributed by atoms with E-state index in [0.717, 1.165) is 10.9 Å². The Bertz CT molecular complexity index is 773. The first-order valence-corrected chi connectivity index (χ1v) is 6.29. The molecule has 4 nitrogen and oxygen atoms in total. The molecule has 0 aliphatic heterocycles. The van der Waals surface area contributed by atoms with Gasteiger partial charge in [0.1, 0.15) is 5.58 Å². The molecule has 3 N–H and O–H groups in total. The molecule has 2 aromatic carbocycles. The molecule has 0 saturated carbocycles. The van der Waals surface area contributed by atoms with Crippen molar-refractivity contribution in [1.82, 2.24) is 0 Å². The molecule has 1 amide bonds. The van der Waals surface area contributed by atoms with Crippen LogP contribution >= 0.6 is 0 Å². The predicted octanol–water partition coefficient (Wildman–Crippen LogP) is 3.58. The molecular formula is C16H14N2O2. The number of amides is 1. The van der Waals surface area contributed by atoms with Crippen LogP contribution in [0.3, 0.4) is 0 Å². The highest BCUT2D eigenvalue weighted by atomic mass is 16.3. The van der Waals surface area contributed by atoms with Crippen molar-refractivity contribution < 1.29 is 9.21 Å². The summed E-state index contributed by atoms with van der Waals surface area (Å²) in [4.78, 5) is 12.1.